The average Bonchev–Trinajstić information content (AvgIpc) is 2.97. The Hall–Kier alpha value is -1.73. The van der Waals surface area contributed by atoms with Crippen LogP contribution in [0.3, 0.4) is 0 Å². The molecular formula is C10H13N5O2. The smallest absolute Gasteiger partial charge is 0.234 e. The Morgan fingerprint density at radius 2 is 2.35 bits per heavy atom. The molecule has 17 heavy (non-hydrogen) atoms. The van der Waals surface area contributed by atoms with Crippen molar-refractivity contribution in [1.82, 2.24) is 19.7 Å². The predicted octanol–water partition coefficient (Wildman–Crippen LogP) is -0.0888. The molecule has 1 saturated heterocycles. The van der Waals surface area contributed by atoms with E-state index in [1.54, 1.807) is 12.5 Å². The number of rotatable bonds is 2. The monoisotopic (exact) mass is 235 g/mol. The van der Waals surface area contributed by atoms with Gasteiger partial charge in [-0.15, -0.1) is 0 Å². The molecule has 0 amide bonds. The summed E-state index contributed by atoms with van der Waals surface area (Å²) in [6.07, 6.45) is 3.38. The number of aryl methyl sites for hydroxylation is 1. The summed E-state index contributed by atoms with van der Waals surface area (Å²) in [5.74, 6) is 1.05. The number of ether oxygens (including phenoxy) is 1. The van der Waals surface area contributed by atoms with Crippen LogP contribution >= 0.6 is 0 Å². The molecule has 0 radical (unpaired) electrons. The van der Waals surface area contributed by atoms with E-state index in [1.165, 1.54) is 0 Å². The largest absolute Gasteiger partial charge is 0.379 e. The van der Waals surface area contributed by atoms with Crippen molar-refractivity contribution in [2.75, 3.05) is 13.2 Å². The number of nitrogens with zero attached hydrogens (tertiary/aromatic N) is 4. The summed E-state index contributed by atoms with van der Waals surface area (Å²) in [5.41, 5.74) is 6.71. The molecule has 3 rings (SSSR count). The second-order valence-electron chi connectivity index (χ2n) is 4.15. The molecule has 2 unspecified atom stereocenters. The minimum absolute atomic E-state index is 0.00974. The summed E-state index contributed by atoms with van der Waals surface area (Å²) in [7, 11) is 1.88. The maximum absolute atomic E-state index is 5.90. The molecule has 2 aromatic heterocycles. The molecule has 0 spiro atoms. The first-order valence-corrected chi connectivity index (χ1v) is 5.39. The first kappa shape index (κ1) is 10.4. The van der Waals surface area contributed by atoms with Crippen LogP contribution < -0.4 is 5.73 Å². The Kier molecular flexibility index (Phi) is 2.41. The first-order valence-electron chi connectivity index (χ1n) is 5.39. The molecule has 2 aromatic rings. The Morgan fingerprint density at radius 1 is 1.47 bits per heavy atom. The summed E-state index contributed by atoms with van der Waals surface area (Å²) < 4.78 is 12.3. The van der Waals surface area contributed by atoms with Gasteiger partial charge in [-0.2, -0.15) is 4.98 Å². The second kappa shape index (κ2) is 3.94. The van der Waals surface area contributed by atoms with E-state index in [4.69, 9.17) is 15.0 Å². The van der Waals surface area contributed by atoms with Crippen molar-refractivity contribution < 1.29 is 9.26 Å². The highest BCUT2D eigenvalue weighted by Gasteiger charge is 2.31. The van der Waals surface area contributed by atoms with Gasteiger partial charge in [0.15, 0.2) is 0 Å². The van der Waals surface area contributed by atoms with E-state index in [-0.39, 0.29) is 12.0 Å². The molecule has 0 bridgehead atoms. The maximum Gasteiger partial charge on any atom is 0.234 e. The SMILES string of the molecule is Cn1cncc1-c1noc(C2COCC2N)n1. The number of hydrogen-bond acceptors (Lipinski definition) is 6. The molecule has 0 aromatic carbocycles. The van der Waals surface area contributed by atoms with Crippen LogP contribution in [0.2, 0.25) is 0 Å². The lowest BCUT2D eigenvalue weighted by atomic mass is 10.1. The Labute approximate surface area is 97.6 Å². The Morgan fingerprint density at radius 3 is 3.00 bits per heavy atom. The lowest BCUT2D eigenvalue weighted by Crippen LogP contribution is -2.27. The number of nitrogens with two attached hydrogens (primary N) is 1. The van der Waals surface area contributed by atoms with E-state index in [2.05, 4.69) is 15.1 Å². The molecule has 7 heteroatoms. The Bertz CT molecular complexity index is 520. The molecular weight excluding hydrogens is 222 g/mol. The standard InChI is InChI=1S/C10H13N5O2/c1-15-5-12-2-8(15)9-13-10(17-14-9)6-3-16-4-7(6)11/h2,5-7H,3-4,11H2,1H3. The maximum atomic E-state index is 5.90. The fraction of sp³-hybridized carbons (Fsp3) is 0.500. The van der Waals surface area contributed by atoms with Gasteiger partial charge in [0, 0.05) is 13.1 Å². The van der Waals surface area contributed by atoms with Gasteiger partial charge >= 0.3 is 0 Å². The third kappa shape index (κ3) is 1.73. The zero-order chi connectivity index (χ0) is 11.8. The molecule has 90 valence electrons. The van der Waals surface area contributed by atoms with Gasteiger partial charge in [0.1, 0.15) is 5.69 Å². The van der Waals surface area contributed by atoms with Gasteiger partial charge in [-0.3, -0.25) is 0 Å². The first-order chi connectivity index (χ1) is 8.25. The summed E-state index contributed by atoms with van der Waals surface area (Å²) in [5, 5.41) is 3.94. The predicted molar refractivity (Wildman–Crippen MR) is 58.0 cm³/mol. The van der Waals surface area contributed by atoms with Crippen LogP contribution in [0.25, 0.3) is 11.5 Å². The van der Waals surface area contributed by atoms with Crippen molar-refractivity contribution in [2.45, 2.75) is 12.0 Å². The summed E-state index contributed by atoms with van der Waals surface area (Å²) in [4.78, 5) is 8.36. The van der Waals surface area contributed by atoms with E-state index in [9.17, 15) is 0 Å². The van der Waals surface area contributed by atoms with E-state index >= 15 is 0 Å². The van der Waals surface area contributed by atoms with Gasteiger partial charge in [-0.25, -0.2) is 4.98 Å². The molecule has 1 fully saturated rings. The minimum atomic E-state index is -0.0742. The van der Waals surface area contributed by atoms with Gasteiger partial charge in [-0.05, 0) is 0 Å². The average molecular weight is 235 g/mol. The molecule has 0 aliphatic carbocycles. The Balaban J connectivity index is 1.90. The van der Waals surface area contributed by atoms with Gasteiger partial charge in [0.05, 0.1) is 31.7 Å². The lowest BCUT2D eigenvalue weighted by Gasteiger charge is -2.06. The molecule has 3 heterocycles. The highest BCUT2D eigenvalue weighted by Crippen LogP contribution is 2.25. The quantitative estimate of drug-likeness (QED) is 0.782. The minimum Gasteiger partial charge on any atom is -0.379 e. The van der Waals surface area contributed by atoms with Crippen LogP contribution in [0.4, 0.5) is 0 Å². The van der Waals surface area contributed by atoms with Crippen molar-refractivity contribution in [3.05, 3.63) is 18.4 Å². The molecule has 0 saturated carbocycles. The molecule has 2 N–H and O–H groups in total. The van der Waals surface area contributed by atoms with Crippen LogP contribution in [0.15, 0.2) is 17.0 Å². The number of imidazole rings is 1. The van der Waals surface area contributed by atoms with E-state index in [1.807, 2.05) is 11.6 Å². The summed E-state index contributed by atoms with van der Waals surface area (Å²) in [6, 6.07) is -0.0742. The normalized spacial score (nSPS) is 24.4. The van der Waals surface area contributed by atoms with Gasteiger partial charge in [0.25, 0.3) is 0 Å². The van der Waals surface area contributed by atoms with Crippen molar-refractivity contribution in [2.24, 2.45) is 12.8 Å². The van der Waals surface area contributed by atoms with Crippen molar-refractivity contribution >= 4 is 0 Å². The van der Waals surface area contributed by atoms with E-state index in [0.29, 0.717) is 24.9 Å². The zero-order valence-electron chi connectivity index (χ0n) is 9.41. The van der Waals surface area contributed by atoms with E-state index < -0.39 is 0 Å². The fourth-order valence-corrected chi connectivity index (χ4v) is 1.89. The van der Waals surface area contributed by atoms with Crippen LogP contribution in [0.1, 0.15) is 11.8 Å². The van der Waals surface area contributed by atoms with E-state index in [0.717, 1.165) is 5.69 Å². The van der Waals surface area contributed by atoms with Crippen molar-refractivity contribution in [3.8, 4) is 11.5 Å². The van der Waals surface area contributed by atoms with Crippen molar-refractivity contribution in [3.63, 3.8) is 0 Å². The summed E-state index contributed by atoms with van der Waals surface area (Å²) in [6.45, 7) is 1.07. The molecule has 1 aliphatic rings. The third-order valence-electron chi connectivity index (χ3n) is 2.93. The highest BCUT2D eigenvalue weighted by molar-refractivity contribution is 5.47. The van der Waals surface area contributed by atoms with Crippen LogP contribution in [0.5, 0.6) is 0 Å². The van der Waals surface area contributed by atoms with Gasteiger partial charge in [-0.1, -0.05) is 5.16 Å². The molecule has 2 atom stereocenters. The number of aromatic nitrogens is 4. The van der Waals surface area contributed by atoms with Crippen LogP contribution in [0, 0.1) is 0 Å². The third-order valence-corrected chi connectivity index (χ3v) is 2.93. The highest BCUT2D eigenvalue weighted by atomic mass is 16.5. The zero-order valence-corrected chi connectivity index (χ0v) is 9.41. The second-order valence-corrected chi connectivity index (χ2v) is 4.15. The van der Waals surface area contributed by atoms with Crippen LogP contribution in [-0.2, 0) is 11.8 Å². The topological polar surface area (TPSA) is 92.0 Å². The lowest BCUT2D eigenvalue weighted by molar-refractivity contribution is 0.187. The van der Waals surface area contributed by atoms with Crippen LogP contribution in [-0.4, -0.2) is 38.9 Å². The molecule has 7 nitrogen and oxygen atoms in total. The molecule has 1 aliphatic heterocycles. The summed E-state index contributed by atoms with van der Waals surface area (Å²) >= 11 is 0. The van der Waals surface area contributed by atoms with Gasteiger partial charge < -0.3 is 19.6 Å². The van der Waals surface area contributed by atoms with Gasteiger partial charge in [0.2, 0.25) is 11.7 Å². The fourth-order valence-electron chi connectivity index (χ4n) is 1.89. The van der Waals surface area contributed by atoms with Crippen molar-refractivity contribution in [1.29, 1.82) is 0 Å². The number of hydrogen-bond donors (Lipinski definition) is 1.